The molecule has 1 aliphatic heterocycles. The molecule has 134 valence electrons. The molecular weight excluding hydrogens is 431 g/mol. The first-order valence-corrected chi connectivity index (χ1v) is 9.97. The van der Waals surface area contributed by atoms with Gasteiger partial charge in [0.05, 0.1) is 25.9 Å². The number of halogens is 1. The minimum absolute atomic E-state index is 0.0593. The van der Waals surface area contributed by atoms with E-state index in [1.807, 2.05) is 60.7 Å². The lowest BCUT2D eigenvalue weighted by molar-refractivity contribution is -0.0899. The Morgan fingerprint density at radius 3 is 2.12 bits per heavy atom. The first-order valence-electron chi connectivity index (χ1n) is 8.44. The molecule has 1 N–H and O–H groups in total. The average Bonchev–Trinajstić information content (AvgIpc) is 3.43. The molecule has 3 rings (SSSR count). The Labute approximate surface area is 162 Å². The van der Waals surface area contributed by atoms with Gasteiger partial charge in [0.15, 0.2) is 0 Å². The van der Waals surface area contributed by atoms with Gasteiger partial charge in [-0.1, -0.05) is 83.3 Å². The molecule has 0 radical (unpaired) electrons. The van der Waals surface area contributed by atoms with Crippen LogP contribution in [0.25, 0.3) is 0 Å². The maximum atomic E-state index is 10.6. The molecule has 0 unspecified atom stereocenters. The highest BCUT2D eigenvalue weighted by molar-refractivity contribution is 14.1. The van der Waals surface area contributed by atoms with Crippen LogP contribution in [0.15, 0.2) is 60.7 Å². The molecule has 0 aromatic heterocycles. The van der Waals surface area contributed by atoms with Crippen LogP contribution in [0, 0.1) is 0 Å². The van der Waals surface area contributed by atoms with Crippen LogP contribution >= 0.6 is 22.6 Å². The number of benzene rings is 2. The fourth-order valence-electron chi connectivity index (χ4n) is 2.73. The molecule has 1 heterocycles. The number of aliphatic hydroxyl groups excluding tert-OH is 1. The number of rotatable bonds is 10. The van der Waals surface area contributed by atoms with E-state index in [1.165, 1.54) is 0 Å². The van der Waals surface area contributed by atoms with Crippen LogP contribution in [0.3, 0.4) is 0 Å². The minimum Gasteiger partial charge on any atom is -0.388 e. The van der Waals surface area contributed by atoms with Crippen molar-refractivity contribution in [1.29, 1.82) is 0 Å². The van der Waals surface area contributed by atoms with Crippen molar-refractivity contribution in [2.24, 2.45) is 0 Å². The van der Waals surface area contributed by atoms with E-state index >= 15 is 0 Å². The van der Waals surface area contributed by atoms with Gasteiger partial charge < -0.3 is 19.3 Å². The van der Waals surface area contributed by atoms with E-state index in [2.05, 4.69) is 22.6 Å². The zero-order chi connectivity index (χ0) is 17.5. The summed E-state index contributed by atoms with van der Waals surface area (Å²) in [7, 11) is 0. The Balaban J connectivity index is 1.51. The monoisotopic (exact) mass is 454 g/mol. The van der Waals surface area contributed by atoms with Crippen molar-refractivity contribution in [3.05, 3.63) is 71.8 Å². The summed E-state index contributed by atoms with van der Waals surface area (Å²) < 4.78 is 18.2. The molecule has 4 atom stereocenters. The topological polar surface area (TPSA) is 51.2 Å². The number of hydrogen-bond donors (Lipinski definition) is 1. The van der Waals surface area contributed by atoms with Gasteiger partial charge in [-0.25, -0.2) is 0 Å². The van der Waals surface area contributed by atoms with E-state index in [0.29, 0.717) is 13.2 Å². The molecule has 4 nitrogen and oxygen atoms in total. The van der Waals surface area contributed by atoms with Gasteiger partial charge in [0.1, 0.15) is 18.3 Å². The van der Waals surface area contributed by atoms with Crippen molar-refractivity contribution in [2.45, 2.75) is 37.6 Å². The number of epoxide rings is 1. The fourth-order valence-corrected chi connectivity index (χ4v) is 3.44. The van der Waals surface area contributed by atoms with Crippen molar-refractivity contribution in [1.82, 2.24) is 0 Å². The van der Waals surface area contributed by atoms with Crippen molar-refractivity contribution in [3.8, 4) is 0 Å². The van der Waals surface area contributed by atoms with E-state index in [-0.39, 0.29) is 24.9 Å². The molecule has 0 bridgehead atoms. The summed E-state index contributed by atoms with van der Waals surface area (Å²) in [5.74, 6) is 0. The summed E-state index contributed by atoms with van der Waals surface area (Å²) in [5.41, 5.74) is 2.17. The lowest BCUT2D eigenvalue weighted by Crippen LogP contribution is -2.38. The molecular formula is C20H23IO4. The molecule has 0 aliphatic carbocycles. The molecule has 25 heavy (non-hydrogen) atoms. The largest absolute Gasteiger partial charge is 0.388 e. The maximum Gasteiger partial charge on any atom is 0.115 e. The fraction of sp³-hybridized carbons (Fsp3) is 0.400. The molecule has 5 heteroatoms. The van der Waals surface area contributed by atoms with Crippen LogP contribution in [0.1, 0.15) is 11.1 Å². The van der Waals surface area contributed by atoms with E-state index in [0.717, 1.165) is 15.6 Å². The van der Waals surface area contributed by atoms with Gasteiger partial charge in [0, 0.05) is 4.43 Å². The number of ether oxygens (including phenoxy) is 3. The zero-order valence-corrected chi connectivity index (χ0v) is 16.1. The van der Waals surface area contributed by atoms with E-state index in [4.69, 9.17) is 14.2 Å². The highest BCUT2D eigenvalue weighted by atomic mass is 127. The van der Waals surface area contributed by atoms with Crippen LogP contribution < -0.4 is 0 Å². The molecule has 2 aromatic rings. The second-order valence-electron chi connectivity index (χ2n) is 6.12. The zero-order valence-electron chi connectivity index (χ0n) is 14.0. The Morgan fingerprint density at radius 1 is 0.960 bits per heavy atom. The summed E-state index contributed by atoms with van der Waals surface area (Å²) in [5, 5.41) is 10.6. The van der Waals surface area contributed by atoms with Crippen molar-refractivity contribution in [2.75, 3.05) is 11.0 Å². The quantitative estimate of drug-likeness (QED) is 0.340. The van der Waals surface area contributed by atoms with Crippen LogP contribution in [0.2, 0.25) is 0 Å². The van der Waals surface area contributed by atoms with Gasteiger partial charge in [-0.05, 0) is 11.1 Å². The Kier molecular flexibility index (Phi) is 7.24. The van der Waals surface area contributed by atoms with E-state index in [1.54, 1.807) is 0 Å². The third-order valence-corrected chi connectivity index (χ3v) is 5.03. The van der Waals surface area contributed by atoms with E-state index in [9.17, 15) is 5.11 Å². The SMILES string of the molecule is O[C@H](COCc1ccccc1)[C@H](OCc1ccccc1)[C@@H]1O[C@H]1CI. The first-order chi connectivity index (χ1) is 12.3. The highest BCUT2D eigenvalue weighted by Crippen LogP contribution is 2.31. The van der Waals surface area contributed by atoms with Gasteiger partial charge >= 0.3 is 0 Å². The predicted molar refractivity (Wildman–Crippen MR) is 105 cm³/mol. The standard InChI is InChI=1S/C20H23IO4/c21-11-18-20(25-18)19(24-13-16-9-5-2-6-10-16)17(22)14-23-12-15-7-3-1-4-8-15/h1-10,17-20,22H,11-14H2/t17-,18+,19+,20-/m1/s1. The minimum atomic E-state index is -0.717. The summed E-state index contributed by atoms with van der Waals surface area (Å²) in [6.07, 6.45) is -0.998. The first kappa shape index (κ1) is 18.8. The molecule has 0 saturated carbocycles. The molecule has 0 amide bonds. The summed E-state index contributed by atoms with van der Waals surface area (Å²) in [6, 6.07) is 19.9. The second-order valence-corrected chi connectivity index (χ2v) is 7.00. The van der Waals surface area contributed by atoms with Gasteiger partial charge in [-0.15, -0.1) is 0 Å². The number of hydrogen-bond acceptors (Lipinski definition) is 4. The number of alkyl halides is 1. The molecule has 1 aliphatic rings. The Bertz CT molecular complexity index is 622. The lowest BCUT2D eigenvalue weighted by Gasteiger charge is -2.22. The molecule has 0 spiro atoms. The van der Waals surface area contributed by atoms with Crippen molar-refractivity contribution in [3.63, 3.8) is 0 Å². The van der Waals surface area contributed by atoms with Crippen molar-refractivity contribution < 1.29 is 19.3 Å². The molecule has 1 saturated heterocycles. The van der Waals surface area contributed by atoms with Gasteiger partial charge in [0.25, 0.3) is 0 Å². The van der Waals surface area contributed by atoms with Gasteiger partial charge in [-0.3, -0.25) is 0 Å². The smallest absolute Gasteiger partial charge is 0.115 e. The average molecular weight is 454 g/mol. The molecule has 2 aromatic carbocycles. The Morgan fingerprint density at radius 2 is 1.56 bits per heavy atom. The van der Waals surface area contributed by atoms with Crippen LogP contribution in [0.5, 0.6) is 0 Å². The van der Waals surface area contributed by atoms with Crippen molar-refractivity contribution >= 4 is 22.6 Å². The third-order valence-electron chi connectivity index (χ3n) is 4.16. The van der Waals surface area contributed by atoms with E-state index < -0.39 is 6.10 Å². The summed E-state index contributed by atoms with van der Waals surface area (Å²) in [4.78, 5) is 0. The van der Waals surface area contributed by atoms with Gasteiger partial charge in [-0.2, -0.15) is 0 Å². The number of aliphatic hydroxyl groups is 1. The predicted octanol–water partition coefficient (Wildman–Crippen LogP) is 3.35. The molecule has 1 fully saturated rings. The third kappa shape index (κ3) is 5.76. The van der Waals surface area contributed by atoms with Crippen LogP contribution in [-0.2, 0) is 27.4 Å². The Hall–Kier alpha value is -0.990. The highest BCUT2D eigenvalue weighted by Gasteiger charge is 2.47. The second kappa shape index (κ2) is 9.64. The lowest BCUT2D eigenvalue weighted by atomic mass is 10.1. The summed E-state index contributed by atoms with van der Waals surface area (Å²) in [6.45, 7) is 1.15. The maximum absolute atomic E-state index is 10.6. The van der Waals surface area contributed by atoms with Crippen LogP contribution in [-0.4, -0.2) is 40.6 Å². The normalized spacial score (nSPS) is 21.7. The summed E-state index contributed by atoms with van der Waals surface area (Å²) >= 11 is 2.29. The van der Waals surface area contributed by atoms with Gasteiger partial charge in [0.2, 0.25) is 0 Å². The van der Waals surface area contributed by atoms with Crippen LogP contribution in [0.4, 0.5) is 0 Å².